The zero-order chi connectivity index (χ0) is 18.7. The Hall–Kier alpha value is -3.22. The van der Waals surface area contributed by atoms with Crippen molar-refractivity contribution in [3.8, 4) is 5.69 Å². The van der Waals surface area contributed by atoms with Crippen LogP contribution in [-0.4, -0.2) is 21.4 Å². The van der Waals surface area contributed by atoms with Crippen molar-refractivity contribution in [2.24, 2.45) is 7.05 Å². The molecule has 0 saturated carbocycles. The molecule has 26 heavy (non-hydrogen) atoms. The first kappa shape index (κ1) is 17.6. The number of carbonyl (C=O) groups is 1. The Labute approximate surface area is 151 Å². The van der Waals surface area contributed by atoms with Gasteiger partial charge in [-0.2, -0.15) is 0 Å². The molecule has 7 heteroatoms. The van der Waals surface area contributed by atoms with Crippen molar-refractivity contribution in [1.82, 2.24) is 14.7 Å². The van der Waals surface area contributed by atoms with Gasteiger partial charge >= 0.3 is 6.03 Å². The maximum absolute atomic E-state index is 12.8. The summed E-state index contributed by atoms with van der Waals surface area (Å²) in [7, 11) is 1.78. The molecule has 0 aliphatic carbocycles. The zero-order valence-corrected chi connectivity index (χ0v) is 15.0. The summed E-state index contributed by atoms with van der Waals surface area (Å²) in [6.07, 6.45) is 2.17. The van der Waals surface area contributed by atoms with Gasteiger partial charge in [0.1, 0.15) is 11.4 Å². The van der Waals surface area contributed by atoms with E-state index in [4.69, 9.17) is 4.42 Å². The molecule has 0 aliphatic heterocycles. The van der Waals surface area contributed by atoms with Crippen molar-refractivity contribution >= 4 is 11.7 Å². The molecule has 2 amide bonds. The number of aromatic nitrogens is 2. The molecule has 1 aromatic carbocycles. The number of amides is 2. The number of para-hydroxylation sites is 1. The zero-order valence-electron chi connectivity index (χ0n) is 15.0. The second-order valence-corrected chi connectivity index (χ2v) is 6.22. The van der Waals surface area contributed by atoms with Gasteiger partial charge in [0, 0.05) is 19.5 Å². The summed E-state index contributed by atoms with van der Waals surface area (Å²) in [6, 6.07) is 12.4. The third-order valence-corrected chi connectivity index (χ3v) is 4.26. The molecule has 2 N–H and O–H groups in total. The number of nitrogens with one attached hydrogen (secondary N) is 2. The van der Waals surface area contributed by atoms with Crippen LogP contribution < -0.4 is 16.2 Å². The van der Waals surface area contributed by atoms with Crippen LogP contribution in [0.15, 0.2) is 57.9 Å². The predicted molar refractivity (Wildman–Crippen MR) is 99.8 cm³/mol. The van der Waals surface area contributed by atoms with E-state index in [0.29, 0.717) is 12.1 Å². The number of hydrogen-bond donors (Lipinski definition) is 2. The summed E-state index contributed by atoms with van der Waals surface area (Å²) in [5, 5.41) is 5.51. The van der Waals surface area contributed by atoms with Crippen molar-refractivity contribution in [3.63, 3.8) is 0 Å². The van der Waals surface area contributed by atoms with Gasteiger partial charge in [0.15, 0.2) is 0 Å². The van der Waals surface area contributed by atoms with Crippen LogP contribution >= 0.6 is 0 Å². The Kier molecular flexibility index (Phi) is 4.97. The Morgan fingerprint density at radius 2 is 1.92 bits per heavy atom. The Balaban J connectivity index is 1.76. The van der Waals surface area contributed by atoms with Gasteiger partial charge in [-0.1, -0.05) is 18.2 Å². The van der Waals surface area contributed by atoms with E-state index in [2.05, 4.69) is 10.6 Å². The van der Waals surface area contributed by atoms with E-state index in [1.54, 1.807) is 24.9 Å². The van der Waals surface area contributed by atoms with Gasteiger partial charge < -0.3 is 15.1 Å². The highest BCUT2D eigenvalue weighted by molar-refractivity contribution is 5.89. The lowest BCUT2D eigenvalue weighted by Gasteiger charge is -2.13. The summed E-state index contributed by atoms with van der Waals surface area (Å²) < 4.78 is 8.53. The third-order valence-electron chi connectivity index (χ3n) is 4.26. The van der Waals surface area contributed by atoms with E-state index in [1.807, 2.05) is 49.4 Å². The van der Waals surface area contributed by atoms with Crippen molar-refractivity contribution in [1.29, 1.82) is 0 Å². The number of benzene rings is 1. The number of furan rings is 1. The van der Waals surface area contributed by atoms with Crippen molar-refractivity contribution in [2.45, 2.75) is 26.3 Å². The van der Waals surface area contributed by atoms with Crippen LogP contribution in [0.2, 0.25) is 0 Å². The fourth-order valence-corrected chi connectivity index (χ4v) is 2.87. The van der Waals surface area contributed by atoms with E-state index >= 15 is 0 Å². The highest BCUT2D eigenvalue weighted by atomic mass is 16.3. The van der Waals surface area contributed by atoms with Gasteiger partial charge in [-0.15, -0.1) is 0 Å². The Bertz CT molecular complexity index is 939. The molecule has 2 aromatic heterocycles. The first-order valence-corrected chi connectivity index (χ1v) is 8.41. The molecule has 0 radical (unpaired) electrons. The molecular weight excluding hydrogens is 332 g/mol. The molecule has 7 nitrogen and oxygen atoms in total. The largest absolute Gasteiger partial charge is 0.469 e. The van der Waals surface area contributed by atoms with Crippen LogP contribution in [0.3, 0.4) is 0 Å². The topological polar surface area (TPSA) is 81.2 Å². The number of urea groups is 1. The van der Waals surface area contributed by atoms with Gasteiger partial charge in [0.05, 0.1) is 17.6 Å². The molecule has 1 unspecified atom stereocenters. The Morgan fingerprint density at radius 3 is 2.58 bits per heavy atom. The fourth-order valence-electron chi connectivity index (χ4n) is 2.87. The van der Waals surface area contributed by atoms with E-state index in [-0.39, 0.29) is 17.3 Å². The van der Waals surface area contributed by atoms with Crippen LogP contribution in [0.5, 0.6) is 0 Å². The highest BCUT2D eigenvalue weighted by Gasteiger charge is 2.19. The lowest BCUT2D eigenvalue weighted by Crippen LogP contribution is -2.38. The number of anilines is 1. The number of rotatable bonds is 5. The normalized spacial score (nSPS) is 12.0. The van der Waals surface area contributed by atoms with Crippen LogP contribution in [0.1, 0.15) is 18.4 Å². The van der Waals surface area contributed by atoms with E-state index < -0.39 is 6.03 Å². The first-order valence-electron chi connectivity index (χ1n) is 8.41. The minimum absolute atomic E-state index is 0.137. The summed E-state index contributed by atoms with van der Waals surface area (Å²) in [5.74, 6) is 0.792. The predicted octanol–water partition coefficient (Wildman–Crippen LogP) is 2.83. The van der Waals surface area contributed by atoms with E-state index in [1.165, 1.54) is 4.68 Å². The standard InChI is InChI=1S/C19H22N4O3/c1-13(12-16-10-7-11-26-16)20-19(25)21-17-14(2)22(3)23(18(17)24)15-8-5-4-6-9-15/h4-11,13H,12H2,1-3H3,(H2,20,21,25). The lowest BCUT2D eigenvalue weighted by molar-refractivity contribution is 0.248. The fraction of sp³-hybridized carbons (Fsp3) is 0.263. The van der Waals surface area contributed by atoms with Gasteiger partial charge in [-0.25, -0.2) is 9.48 Å². The smallest absolute Gasteiger partial charge is 0.319 e. The van der Waals surface area contributed by atoms with Crippen LogP contribution in [-0.2, 0) is 13.5 Å². The average Bonchev–Trinajstić information content (AvgIpc) is 3.18. The van der Waals surface area contributed by atoms with E-state index in [9.17, 15) is 9.59 Å². The van der Waals surface area contributed by atoms with Crippen molar-refractivity contribution in [3.05, 3.63) is 70.5 Å². The van der Waals surface area contributed by atoms with Gasteiger partial charge in [0.25, 0.3) is 5.56 Å². The number of carbonyl (C=O) groups excluding carboxylic acids is 1. The Morgan fingerprint density at radius 1 is 1.19 bits per heavy atom. The third kappa shape index (κ3) is 3.56. The van der Waals surface area contributed by atoms with Crippen LogP contribution in [0.25, 0.3) is 5.69 Å². The molecular formula is C19H22N4O3. The van der Waals surface area contributed by atoms with Gasteiger partial charge in [0.2, 0.25) is 0 Å². The molecule has 136 valence electrons. The summed E-state index contributed by atoms with van der Waals surface area (Å²) in [6.45, 7) is 3.67. The quantitative estimate of drug-likeness (QED) is 0.739. The van der Waals surface area contributed by atoms with Crippen LogP contribution in [0, 0.1) is 6.92 Å². The van der Waals surface area contributed by atoms with E-state index in [0.717, 1.165) is 11.4 Å². The average molecular weight is 354 g/mol. The minimum atomic E-state index is -0.421. The number of nitrogens with zero attached hydrogens (tertiary/aromatic N) is 2. The van der Waals surface area contributed by atoms with Crippen molar-refractivity contribution < 1.29 is 9.21 Å². The second kappa shape index (κ2) is 7.35. The minimum Gasteiger partial charge on any atom is -0.469 e. The second-order valence-electron chi connectivity index (χ2n) is 6.22. The maximum atomic E-state index is 12.8. The molecule has 3 rings (SSSR count). The summed E-state index contributed by atoms with van der Waals surface area (Å²) in [4.78, 5) is 25.1. The summed E-state index contributed by atoms with van der Waals surface area (Å²) >= 11 is 0. The SMILES string of the molecule is Cc1c(NC(=O)NC(C)Cc2ccco2)c(=O)n(-c2ccccc2)n1C. The molecule has 1 atom stereocenters. The van der Waals surface area contributed by atoms with Crippen molar-refractivity contribution in [2.75, 3.05) is 5.32 Å². The van der Waals surface area contributed by atoms with Crippen LogP contribution in [0.4, 0.5) is 10.5 Å². The van der Waals surface area contributed by atoms with Gasteiger partial charge in [-0.3, -0.25) is 9.48 Å². The molecule has 2 heterocycles. The molecule has 0 aliphatic rings. The monoisotopic (exact) mass is 354 g/mol. The summed E-state index contributed by atoms with van der Waals surface area (Å²) in [5.41, 5.74) is 1.40. The first-order chi connectivity index (χ1) is 12.5. The lowest BCUT2D eigenvalue weighted by atomic mass is 10.2. The molecule has 0 bridgehead atoms. The van der Waals surface area contributed by atoms with Gasteiger partial charge in [-0.05, 0) is 38.1 Å². The molecule has 0 saturated heterocycles. The molecule has 0 spiro atoms. The number of hydrogen-bond acceptors (Lipinski definition) is 3. The molecule has 0 fully saturated rings. The maximum Gasteiger partial charge on any atom is 0.319 e. The molecule has 3 aromatic rings. The highest BCUT2D eigenvalue weighted by Crippen LogP contribution is 2.14.